The Morgan fingerprint density at radius 2 is 1.40 bits per heavy atom. The molecule has 0 heterocycles. The Balaban J connectivity index is -0.0000000133. The second-order valence-electron chi connectivity index (χ2n) is 0. The number of hydrogen-bond donors (Lipinski definition) is 1. The zero-order valence-corrected chi connectivity index (χ0v) is 5.18. The monoisotopic (exact) mass is 281 g/mol. The van der Waals surface area contributed by atoms with Gasteiger partial charge in [-0.1, -0.05) is 0 Å². The van der Waals surface area contributed by atoms with Gasteiger partial charge in [-0.25, -0.2) is 0 Å². The van der Waals surface area contributed by atoms with Crippen molar-refractivity contribution in [2.45, 2.75) is 0 Å². The molecule has 0 aromatic heterocycles. The molecule has 0 unspecified atom stereocenters. The van der Waals surface area contributed by atoms with Crippen LogP contribution in [0.2, 0.25) is 0 Å². The van der Waals surface area contributed by atoms with Gasteiger partial charge in [0.25, 0.3) is 0 Å². The fourth-order valence-corrected chi connectivity index (χ4v) is 0. The van der Waals surface area contributed by atoms with Gasteiger partial charge in [-0.3, -0.25) is 0 Å². The molecule has 3 nitrogen and oxygen atoms in total. The molecule has 0 saturated heterocycles. The summed E-state index contributed by atoms with van der Waals surface area (Å²) in [4.78, 5) is 0. The van der Waals surface area contributed by atoms with Crippen molar-refractivity contribution in [1.29, 1.82) is 0 Å². The summed E-state index contributed by atoms with van der Waals surface area (Å²) < 4.78 is 0. The van der Waals surface area contributed by atoms with Crippen molar-refractivity contribution < 1.29 is 25.5 Å². The minimum atomic E-state index is 0. The maximum atomic E-state index is 5.25. The topological polar surface area (TPSA) is 81.3 Å². The summed E-state index contributed by atoms with van der Waals surface area (Å²) in [5.74, 6) is 9.00. The smallest absolute Gasteiger partial charge is 0.438 e. The third-order valence-electron chi connectivity index (χ3n) is 0. The fourth-order valence-electron chi connectivity index (χ4n) is 0. The van der Waals surface area contributed by atoms with Crippen LogP contribution in [0.1, 0.15) is 0 Å². The normalized spacial score (nSPS) is 2.60. The maximum Gasteiger partial charge on any atom is -0.438 e. The van der Waals surface area contributed by atoms with E-state index in [0.717, 1.165) is 0 Å². The van der Waals surface area contributed by atoms with Crippen LogP contribution in [0, 0.1) is 0 Å². The van der Waals surface area contributed by atoms with E-state index in [1.165, 1.54) is 0 Å². The van der Waals surface area contributed by atoms with Crippen LogP contribution in [-0.4, -0.2) is 5.48 Å². The summed E-state index contributed by atoms with van der Waals surface area (Å²) in [6.45, 7) is 0. The number of nitrogens with two attached hydrogens (primary N) is 1. The van der Waals surface area contributed by atoms with Crippen molar-refractivity contribution in [2.24, 2.45) is 5.84 Å². The molecule has 5 heavy (non-hydrogen) atoms. The molecular weight excluding hydrogens is 276 g/mol. The molecule has 40 valence electrons. The van der Waals surface area contributed by atoms with E-state index in [2.05, 4.69) is 15.0 Å². The molecule has 0 aliphatic carbocycles. The van der Waals surface area contributed by atoms with Crippen LogP contribution in [0.25, 0.3) is 5.84 Å². The van der Waals surface area contributed by atoms with Crippen LogP contribution in [0.15, 0.2) is 0 Å². The van der Waals surface area contributed by atoms with E-state index in [9.17, 15) is 0 Å². The van der Waals surface area contributed by atoms with Crippen molar-refractivity contribution >= 4 is 9.19 Å². The molecule has 0 aliphatic rings. The number of halogens is 1. The van der Waals surface area contributed by atoms with Gasteiger partial charge >= 0.3 is 29.2 Å². The molecule has 0 saturated carbocycles. The minimum absolute atomic E-state index is 0. The largest absolute Gasteiger partial charge is 0.615 e. The first kappa shape index (κ1) is 16.8. The molecule has 5 heteroatoms. The van der Waals surface area contributed by atoms with Crippen molar-refractivity contribution in [1.82, 2.24) is 0 Å². The average Bonchev–Trinajstić information content (AvgIpc) is 1.50. The van der Waals surface area contributed by atoms with Crippen LogP contribution in [0.4, 0.5) is 0 Å². The van der Waals surface area contributed by atoms with Gasteiger partial charge in [-0.05, 0) is 0 Å². The van der Waals surface area contributed by atoms with Crippen molar-refractivity contribution in [3.05, 3.63) is 5.84 Å². The van der Waals surface area contributed by atoms with Crippen molar-refractivity contribution in [3.8, 4) is 0 Å². The first-order valence-electron chi connectivity index (χ1n) is 0.403. The number of rotatable bonds is 0. The van der Waals surface area contributed by atoms with Gasteiger partial charge in [0.2, 0.25) is 0 Å². The molecule has 0 amide bonds. The van der Waals surface area contributed by atoms with E-state index in [4.69, 9.17) is 5.84 Å². The first-order chi connectivity index (χ1) is 2.00. The second kappa shape index (κ2) is 90.6. The van der Waals surface area contributed by atoms with E-state index in [1.54, 1.807) is 20.0 Å². The van der Waals surface area contributed by atoms with Crippen molar-refractivity contribution in [3.63, 3.8) is 0 Å². The summed E-state index contributed by atoms with van der Waals surface area (Å²) in [6.07, 6.45) is 0. The molecule has 0 fully saturated rings. The van der Waals surface area contributed by atoms with Crippen LogP contribution in [0.5, 0.6) is 0 Å². The minimum Gasteiger partial charge on any atom is -0.615 e. The third kappa shape index (κ3) is 50.2. The van der Waals surface area contributed by atoms with Crippen LogP contribution in [-0.2, 0) is 20.0 Å². The fraction of sp³-hybridized carbons (Fsp3) is 0. The Kier molecular flexibility index (Phi) is 305. The predicted octanol–water partition coefficient (Wildman–Crippen LogP) is -0.225. The second-order valence-corrected chi connectivity index (χ2v) is 0. The van der Waals surface area contributed by atoms with Gasteiger partial charge in [0.15, 0.2) is 0 Å². The molecule has 0 aromatic carbocycles. The Labute approximate surface area is 46.7 Å². The summed E-state index contributed by atoms with van der Waals surface area (Å²) in [5.41, 5.74) is 0. The zero-order chi connectivity index (χ0) is 4.00. The molecule has 0 atom stereocenters. The van der Waals surface area contributed by atoms with Crippen LogP contribution >= 0.6 is 9.19 Å². The van der Waals surface area contributed by atoms with E-state index in [1.807, 2.05) is 0 Å². The SMILES string of the molecule is O.[Cl][Au].[NH-]N. The Bertz CT molecular complexity index is 9.61. The van der Waals surface area contributed by atoms with Gasteiger partial charge < -0.3 is 17.2 Å². The molecule has 0 spiro atoms. The van der Waals surface area contributed by atoms with Crippen LogP contribution < -0.4 is 5.84 Å². The maximum absolute atomic E-state index is 5.25. The molecular formula is H5AuClN2O-. The number of nitrogens with one attached hydrogen (secondary N) is 1. The third-order valence-corrected chi connectivity index (χ3v) is 0. The molecule has 0 radical (unpaired) electrons. The Hall–Kier alpha value is 0.910. The molecule has 0 aromatic rings. The predicted molar refractivity (Wildman–Crippen MR) is 18.0 cm³/mol. The molecule has 0 bridgehead atoms. The van der Waals surface area contributed by atoms with E-state index in [-0.39, 0.29) is 5.48 Å². The summed E-state index contributed by atoms with van der Waals surface area (Å²) in [6, 6.07) is 0. The van der Waals surface area contributed by atoms with Gasteiger partial charge in [0.05, 0.1) is 0 Å². The van der Waals surface area contributed by atoms with Crippen molar-refractivity contribution in [2.75, 3.05) is 0 Å². The van der Waals surface area contributed by atoms with E-state index in [0.29, 0.717) is 0 Å². The van der Waals surface area contributed by atoms with E-state index < -0.39 is 0 Å². The first-order valence-corrected chi connectivity index (χ1v) is 3.09. The average molecular weight is 281 g/mol. The molecule has 5 N–H and O–H groups in total. The Morgan fingerprint density at radius 3 is 1.40 bits per heavy atom. The summed E-state index contributed by atoms with van der Waals surface area (Å²) in [7, 11) is 4.58. The Morgan fingerprint density at radius 1 is 1.40 bits per heavy atom. The molecule has 0 rings (SSSR count). The quantitative estimate of drug-likeness (QED) is 0.371. The van der Waals surface area contributed by atoms with Gasteiger partial charge in [0.1, 0.15) is 0 Å². The number of hydrogen-bond acceptors (Lipinski definition) is 1. The molecule has 0 aliphatic heterocycles. The van der Waals surface area contributed by atoms with Gasteiger partial charge in [-0.15, -0.1) is 0 Å². The van der Waals surface area contributed by atoms with E-state index >= 15 is 0 Å². The zero-order valence-electron chi connectivity index (χ0n) is 2.26. The summed E-state index contributed by atoms with van der Waals surface area (Å²) >= 11 is 1.75. The van der Waals surface area contributed by atoms with Gasteiger partial charge in [0, 0.05) is 0 Å². The standard InChI is InChI=1S/Au.ClH.H3N2.H2O/c;;1-2;/h;1H;1H,2H2;1H2/q+1;;-1;/p-1. The summed E-state index contributed by atoms with van der Waals surface area (Å²) in [5, 5.41) is 0. The van der Waals surface area contributed by atoms with Gasteiger partial charge in [-0.2, -0.15) is 0 Å². The van der Waals surface area contributed by atoms with Crippen LogP contribution in [0.3, 0.4) is 0 Å².